The molecule has 7 heteroatoms. The van der Waals surface area contributed by atoms with E-state index in [1.165, 1.54) is 0 Å². The van der Waals surface area contributed by atoms with Crippen molar-refractivity contribution in [1.82, 2.24) is 10.2 Å². The van der Waals surface area contributed by atoms with E-state index in [0.29, 0.717) is 6.54 Å². The summed E-state index contributed by atoms with van der Waals surface area (Å²) in [5.41, 5.74) is -0.628. The first-order chi connectivity index (χ1) is 9.99. The van der Waals surface area contributed by atoms with Crippen molar-refractivity contribution in [1.29, 1.82) is 0 Å². The molecular weight excluding hydrogens is 277 g/mol. The average Bonchev–Trinajstić information content (AvgIpc) is 2.98. The minimum absolute atomic E-state index is 0.157. The Bertz CT molecular complexity index is 544. The second kappa shape index (κ2) is 6.62. The fourth-order valence-corrected chi connectivity index (χ4v) is 2.50. The Labute approximate surface area is 122 Å². The Morgan fingerprint density at radius 3 is 2.76 bits per heavy atom. The van der Waals surface area contributed by atoms with E-state index in [0.717, 1.165) is 44.1 Å². The van der Waals surface area contributed by atoms with E-state index in [-0.39, 0.29) is 17.3 Å². The molecule has 1 aliphatic rings. The Morgan fingerprint density at radius 1 is 1.48 bits per heavy atom. The van der Waals surface area contributed by atoms with Crippen LogP contribution < -0.4 is 5.32 Å². The van der Waals surface area contributed by atoms with Gasteiger partial charge >= 0.3 is 0 Å². The molecule has 0 radical (unpaired) electrons. The van der Waals surface area contributed by atoms with Crippen LogP contribution in [0.2, 0.25) is 0 Å². The Morgan fingerprint density at radius 2 is 2.14 bits per heavy atom. The van der Waals surface area contributed by atoms with Crippen LogP contribution in [0.25, 0.3) is 0 Å². The predicted molar refractivity (Wildman–Crippen MR) is 75.7 cm³/mol. The van der Waals surface area contributed by atoms with Crippen LogP contribution in [0, 0.1) is 15.9 Å². The van der Waals surface area contributed by atoms with Crippen LogP contribution in [-0.4, -0.2) is 41.4 Å². The topological polar surface area (TPSA) is 75.5 Å². The number of carbonyl (C=O) groups excluding carboxylic acids is 1. The molecular formula is C14H18FN3O3. The smallest absolute Gasteiger partial charge is 0.282 e. The van der Waals surface area contributed by atoms with E-state index in [1.54, 1.807) is 0 Å². The van der Waals surface area contributed by atoms with Crippen molar-refractivity contribution in [3.05, 3.63) is 39.7 Å². The van der Waals surface area contributed by atoms with Gasteiger partial charge in [0.15, 0.2) is 0 Å². The standard InChI is InChI=1S/C14H18FN3O3/c1-10(17-6-2-3-7-17)9-16-14(19)12-8-11(15)4-5-13(12)18(20)21/h4-5,8,10H,2-3,6-7,9H2,1H3,(H,16,19). The number of hydrogen-bond acceptors (Lipinski definition) is 4. The van der Waals surface area contributed by atoms with Crippen LogP contribution in [0.5, 0.6) is 0 Å². The molecule has 1 unspecified atom stereocenters. The molecule has 1 aromatic rings. The molecule has 21 heavy (non-hydrogen) atoms. The Balaban J connectivity index is 2.02. The van der Waals surface area contributed by atoms with Crippen molar-refractivity contribution < 1.29 is 14.1 Å². The number of carbonyl (C=O) groups is 1. The monoisotopic (exact) mass is 295 g/mol. The highest BCUT2D eigenvalue weighted by Crippen LogP contribution is 2.19. The number of nitrogens with zero attached hydrogens (tertiary/aromatic N) is 2. The van der Waals surface area contributed by atoms with Crippen LogP contribution >= 0.6 is 0 Å². The van der Waals surface area contributed by atoms with Crippen molar-refractivity contribution in [3.8, 4) is 0 Å². The van der Waals surface area contributed by atoms with Crippen LogP contribution in [0.3, 0.4) is 0 Å². The first-order valence-electron chi connectivity index (χ1n) is 6.95. The first-order valence-corrected chi connectivity index (χ1v) is 6.95. The summed E-state index contributed by atoms with van der Waals surface area (Å²) < 4.78 is 13.2. The fraction of sp³-hybridized carbons (Fsp3) is 0.500. The summed E-state index contributed by atoms with van der Waals surface area (Å²) in [6.45, 7) is 4.37. The lowest BCUT2D eigenvalue weighted by Crippen LogP contribution is -2.40. The largest absolute Gasteiger partial charge is 0.350 e. The molecule has 0 aliphatic carbocycles. The van der Waals surface area contributed by atoms with E-state index < -0.39 is 16.6 Å². The number of amides is 1. The highest BCUT2D eigenvalue weighted by molar-refractivity contribution is 5.98. The van der Waals surface area contributed by atoms with Crippen molar-refractivity contribution in [2.24, 2.45) is 0 Å². The molecule has 0 spiro atoms. The van der Waals surface area contributed by atoms with Gasteiger partial charge in [-0.1, -0.05) is 0 Å². The SMILES string of the molecule is CC(CNC(=O)c1cc(F)ccc1[N+](=O)[O-])N1CCCC1. The third kappa shape index (κ3) is 3.75. The average molecular weight is 295 g/mol. The number of nitro benzene ring substituents is 1. The summed E-state index contributed by atoms with van der Waals surface area (Å²) in [5, 5.41) is 13.5. The highest BCUT2D eigenvalue weighted by atomic mass is 19.1. The Hall–Kier alpha value is -2.02. The van der Waals surface area contributed by atoms with Crippen molar-refractivity contribution in [2.75, 3.05) is 19.6 Å². The lowest BCUT2D eigenvalue weighted by molar-refractivity contribution is -0.385. The maximum atomic E-state index is 13.2. The van der Waals surface area contributed by atoms with E-state index in [1.807, 2.05) is 6.92 Å². The Kier molecular flexibility index (Phi) is 4.85. The summed E-state index contributed by atoms with van der Waals surface area (Å²) in [7, 11) is 0. The maximum Gasteiger partial charge on any atom is 0.282 e. The van der Waals surface area contributed by atoms with E-state index in [9.17, 15) is 19.3 Å². The normalized spacial score (nSPS) is 16.7. The number of likely N-dealkylation sites (tertiary alicyclic amines) is 1. The zero-order chi connectivity index (χ0) is 15.4. The number of benzene rings is 1. The van der Waals surface area contributed by atoms with Gasteiger partial charge in [-0.25, -0.2) is 4.39 Å². The van der Waals surface area contributed by atoms with Gasteiger partial charge in [0, 0.05) is 18.7 Å². The molecule has 1 amide bonds. The first kappa shape index (κ1) is 15.4. The highest BCUT2D eigenvalue weighted by Gasteiger charge is 2.23. The van der Waals surface area contributed by atoms with Crippen LogP contribution in [0.15, 0.2) is 18.2 Å². The lowest BCUT2D eigenvalue weighted by atomic mass is 10.1. The molecule has 1 atom stereocenters. The zero-order valence-corrected chi connectivity index (χ0v) is 11.8. The minimum atomic E-state index is -0.682. The van der Waals surface area contributed by atoms with Crippen LogP contribution in [0.4, 0.5) is 10.1 Å². The number of nitrogens with one attached hydrogen (secondary N) is 1. The summed E-state index contributed by atoms with van der Waals surface area (Å²) in [6.07, 6.45) is 2.29. The quantitative estimate of drug-likeness (QED) is 0.665. The number of hydrogen-bond donors (Lipinski definition) is 1. The lowest BCUT2D eigenvalue weighted by Gasteiger charge is -2.23. The molecule has 1 fully saturated rings. The third-order valence-electron chi connectivity index (χ3n) is 3.72. The zero-order valence-electron chi connectivity index (χ0n) is 11.8. The molecule has 0 aromatic heterocycles. The van der Waals surface area contributed by atoms with Gasteiger partial charge in [-0.3, -0.25) is 19.8 Å². The molecule has 114 valence electrons. The van der Waals surface area contributed by atoms with Crippen molar-refractivity contribution >= 4 is 11.6 Å². The van der Waals surface area contributed by atoms with E-state index in [2.05, 4.69) is 10.2 Å². The molecule has 1 N–H and O–H groups in total. The van der Waals surface area contributed by atoms with Gasteiger partial charge in [0.1, 0.15) is 11.4 Å². The second-order valence-electron chi connectivity index (χ2n) is 5.22. The molecule has 1 heterocycles. The predicted octanol–water partition coefficient (Wildman–Crippen LogP) is 1.95. The van der Waals surface area contributed by atoms with Gasteiger partial charge in [0.2, 0.25) is 0 Å². The van der Waals surface area contributed by atoms with Crippen molar-refractivity contribution in [2.45, 2.75) is 25.8 Å². The molecule has 0 saturated carbocycles. The summed E-state index contributed by atoms with van der Waals surface area (Å²) >= 11 is 0. The molecule has 1 saturated heterocycles. The molecule has 1 aromatic carbocycles. The molecule has 0 bridgehead atoms. The van der Waals surface area contributed by atoms with Gasteiger partial charge in [0.05, 0.1) is 4.92 Å². The second-order valence-corrected chi connectivity index (χ2v) is 5.22. The minimum Gasteiger partial charge on any atom is -0.350 e. The van der Waals surface area contributed by atoms with Crippen LogP contribution in [-0.2, 0) is 0 Å². The van der Waals surface area contributed by atoms with Crippen molar-refractivity contribution in [3.63, 3.8) is 0 Å². The van der Waals surface area contributed by atoms with Crippen LogP contribution in [0.1, 0.15) is 30.1 Å². The number of rotatable bonds is 5. The molecule has 1 aliphatic heterocycles. The maximum absolute atomic E-state index is 13.2. The van der Waals surface area contributed by atoms with E-state index >= 15 is 0 Å². The fourth-order valence-electron chi connectivity index (χ4n) is 2.50. The van der Waals surface area contributed by atoms with Gasteiger partial charge in [0.25, 0.3) is 11.6 Å². The van der Waals surface area contributed by atoms with Gasteiger partial charge < -0.3 is 5.32 Å². The third-order valence-corrected chi connectivity index (χ3v) is 3.72. The number of nitro groups is 1. The molecule has 6 nitrogen and oxygen atoms in total. The summed E-state index contributed by atoms with van der Waals surface area (Å²) in [4.78, 5) is 24.5. The van der Waals surface area contributed by atoms with Gasteiger partial charge in [-0.2, -0.15) is 0 Å². The van der Waals surface area contributed by atoms with Gasteiger partial charge in [-0.15, -0.1) is 0 Å². The van der Waals surface area contributed by atoms with Gasteiger partial charge in [-0.05, 0) is 45.0 Å². The number of halogens is 1. The summed E-state index contributed by atoms with van der Waals surface area (Å²) in [5.74, 6) is -1.29. The van der Waals surface area contributed by atoms with E-state index in [4.69, 9.17) is 0 Å². The molecule has 2 rings (SSSR count). The summed E-state index contributed by atoms with van der Waals surface area (Å²) in [6, 6.07) is 3.04.